The fraction of sp³-hybridized carbons (Fsp3) is 0.222. The number of likely N-dealkylation sites (N-methyl/N-ethyl adjacent to an activating group) is 1. The zero-order valence-corrected chi connectivity index (χ0v) is 15.2. The van der Waals surface area contributed by atoms with Gasteiger partial charge in [-0.05, 0) is 43.3 Å². The monoisotopic (exact) mass is 390 g/mol. The van der Waals surface area contributed by atoms with Gasteiger partial charge in [0.2, 0.25) is 5.91 Å². The smallest absolute Gasteiger partial charge is 0.254 e. The zero-order valence-electron chi connectivity index (χ0n) is 13.6. The van der Waals surface area contributed by atoms with E-state index < -0.39 is 0 Å². The predicted octanol–water partition coefficient (Wildman–Crippen LogP) is 3.56. The number of carbonyl (C=O) groups excluding carboxylic acids is 2. The largest absolute Gasteiger partial charge is 0.497 e. The lowest BCUT2D eigenvalue weighted by Crippen LogP contribution is -2.37. The number of benzene rings is 2. The van der Waals surface area contributed by atoms with Crippen molar-refractivity contribution in [3.8, 4) is 5.75 Å². The number of hydrogen-bond acceptors (Lipinski definition) is 3. The van der Waals surface area contributed by atoms with E-state index in [0.29, 0.717) is 23.5 Å². The van der Waals surface area contributed by atoms with Gasteiger partial charge in [-0.1, -0.05) is 22.0 Å². The van der Waals surface area contributed by atoms with E-state index in [4.69, 9.17) is 4.74 Å². The normalized spacial score (nSPS) is 10.1. The van der Waals surface area contributed by atoms with E-state index in [2.05, 4.69) is 21.2 Å². The first-order valence-corrected chi connectivity index (χ1v) is 8.31. The Morgan fingerprint density at radius 2 is 1.88 bits per heavy atom. The Morgan fingerprint density at radius 3 is 2.50 bits per heavy atom. The van der Waals surface area contributed by atoms with Crippen LogP contribution in [0.15, 0.2) is 53.0 Å². The number of anilines is 1. The molecule has 1 N–H and O–H groups in total. The van der Waals surface area contributed by atoms with Gasteiger partial charge in [-0.15, -0.1) is 0 Å². The van der Waals surface area contributed by atoms with Crippen molar-refractivity contribution in [2.24, 2.45) is 0 Å². The fourth-order valence-electron chi connectivity index (χ4n) is 2.18. The topological polar surface area (TPSA) is 58.6 Å². The highest BCUT2D eigenvalue weighted by atomic mass is 79.9. The molecule has 2 aromatic rings. The minimum atomic E-state index is -0.254. The van der Waals surface area contributed by atoms with Gasteiger partial charge in [-0.2, -0.15) is 0 Å². The third-order valence-corrected chi connectivity index (χ3v) is 3.98. The SMILES string of the molecule is CCN(CC(=O)Nc1cccc(OC)c1)C(=O)c1ccc(Br)cc1. The molecule has 0 aliphatic heterocycles. The van der Waals surface area contributed by atoms with Gasteiger partial charge in [0.15, 0.2) is 0 Å². The molecule has 2 amide bonds. The number of nitrogens with one attached hydrogen (secondary N) is 1. The second kappa shape index (κ2) is 8.49. The van der Waals surface area contributed by atoms with Gasteiger partial charge in [-0.3, -0.25) is 9.59 Å². The number of carbonyl (C=O) groups is 2. The van der Waals surface area contributed by atoms with Crippen LogP contribution < -0.4 is 10.1 Å². The summed E-state index contributed by atoms with van der Waals surface area (Å²) in [6, 6.07) is 14.2. The summed E-state index contributed by atoms with van der Waals surface area (Å²) in [5.41, 5.74) is 1.18. The molecule has 0 bridgehead atoms. The van der Waals surface area contributed by atoms with Crippen molar-refractivity contribution in [3.05, 3.63) is 58.6 Å². The molecule has 24 heavy (non-hydrogen) atoms. The third-order valence-electron chi connectivity index (χ3n) is 3.45. The molecule has 6 heteroatoms. The molecule has 0 aliphatic carbocycles. The second-order valence-electron chi connectivity index (χ2n) is 5.11. The Labute approximate surface area is 149 Å². The van der Waals surface area contributed by atoms with E-state index in [-0.39, 0.29) is 18.4 Å². The number of amides is 2. The number of ether oxygens (including phenoxy) is 1. The Morgan fingerprint density at radius 1 is 1.17 bits per heavy atom. The van der Waals surface area contributed by atoms with Gasteiger partial charge < -0.3 is 15.0 Å². The van der Waals surface area contributed by atoms with Gasteiger partial charge in [0.1, 0.15) is 12.3 Å². The minimum Gasteiger partial charge on any atom is -0.497 e. The molecular weight excluding hydrogens is 372 g/mol. The molecule has 5 nitrogen and oxygen atoms in total. The van der Waals surface area contributed by atoms with Crippen LogP contribution in [0.4, 0.5) is 5.69 Å². The molecule has 0 spiro atoms. The lowest BCUT2D eigenvalue weighted by molar-refractivity contribution is -0.116. The van der Waals surface area contributed by atoms with E-state index in [9.17, 15) is 9.59 Å². The van der Waals surface area contributed by atoms with Crippen molar-refractivity contribution in [2.45, 2.75) is 6.92 Å². The first-order valence-electron chi connectivity index (χ1n) is 7.52. The van der Waals surface area contributed by atoms with Crippen molar-refractivity contribution >= 4 is 33.4 Å². The maximum atomic E-state index is 12.5. The van der Waals surface area contributed by atoms with Crippen LogP contribution in [0.1, 0.15) is 17.3 Å². The lowest BCUT2D eigenvalue weighted by atomic mass is 10.2. The average molecular weight is 391 g/mol. The average Bonchev–Trinajstić information content (AvgIpc) is 2.60. The fourth-order valence-corrected chi connectivity index (χ4v) is 2.44. The summed E-state index contributed by atoms with van der Waals surface area (Å²) in [4.78, 5) is 26.2. The van der Waals surface area contributed by atoms with Crippen molar-refractivity contribution in [3.63, 3.8) is 0 Å². The number of rotatable bonds is 6. The Bertz CT molecular complexity index is 716. The molecule has 126 valence electrons. The summed E-state index contributed by atoms with van der Waals surface area (Å²) in [5, 5.41) is 2.78. The van der Waals surface area contributed by atoms with Crippen molar-refractivity contribution < 1.29 is 14.3 Å². The molecule has 0 unspecified atom stereocenters. The summed E-state index contributed by atoms with van der Waals surface area (Å²) in [6.45, 7) is 2.28. The molecule has 2 aromatic carbocycles. The van der Waals surface area contributed by atoms with Crippen LogP contribution >= 0.6 is 15.9 Å². The van der Waals surface area contributed by atoms with Crippen LogP contribution in [-0.2, 0) is 4.79 Å². The maximum absolute atomic E-state index is 12.5. The van der Waals surface area contributed by atoms with Crippen molar-refractivity contribution in [1.29, 1.82) is 0 Å². The van der Waals surface area contributed by atoms with Gasteiger partial charge in [0.05, 0.1) is 7.11 Å². The molecule has 0 atom stereocenters. The molecule has 0 saturated carbocycles. The minimum absolute atomic E-state index is 0.0113. The van der Waals surface area contributed by atoms with Crippen LogP contribution in [0.25, 0.3) is 0 Å². The van der Waals surface area contributed by atoms with E-state index in [1.807, 2.05) is 6.92 Å². The zero-order chi connectivity index (χ0) is 17.5. The quantitative estimate of drug-likeness (QED) is 0.819. The van der Waals surface area contributed by atoms with Crippen molar-refractivity contribution in [1.82, 2.24) is 4.90 Å². The van der Waals surface area contributed by atoms with Crippen LogP contribution in [0.5, 0.6) is 5.75 Å². The summed E-state index contributed by atoms with van der Waals surface area (Å²) in [5.74, 6) is 0.229. The van der Waals surface area contributed by atoms with Crippen LogP contribution in [0, 0.1) is 0 Å². The number of halogens is 1. The first kappa shape index (κ1) is 18.0. The second-order valence-corrected chi connectivity index (χ2v) is 6.02. The molecular formula is C18H19BrN2O3. The first-order chi connectivity index (χ1) is 11.5. The predicted molar refractivity (Wildman–Crippen MR) is 97.3 cm³/mol. The number of methoxy groups -OCH3 is 1. The van der Waals surface area contributed by atoms with Crippen LogP contribution in [-0.4, -0.2) is 36.9 Å². The van der Waals surface area contributed by atoms with Gasteiger partial charge >= 0.3 is 0 Å². The van der Waals surface area contributed by atoms with E-state index in [1.165, 1.54) is 4.90 Å². The number of hydrogen-bond donors (Lipinski definition) is 1. The highest BCUT2D eigenvalue weighted by Gasteiger charge is 2.17. The summed E-state index contributed by atoms with van der Waals surface area (Å²) in [6.07, 6.45) is 0. The van der Waals surface area contributed by atoms with Crippen LogP contribution in [0.2, 0.25) is 0 Å². The Hall–Kier alpha value is -2.34. The molecule has 0 heterocycles. The molecule has 2 rings (SSSR count). The van der Waals surface area contributed by atoms with E-state index in [1.54, 1.807) is 55.6 Å². The van der Waals surface area contributed by atoms with E-state index >= 15 is 0 Å². The highest BCUT2D eigenvalue weighted by Crippen LogP contribution is 2.17. The molecule has 0 saturated heterocycles. The van der Waals surface area contributed by atoms with Gasteiger partial charge in [0, 0.05) is 28.3 Å². The Balaban J connectivity index is 2.02. The molecule has 0 aliphatic rings. The third kappa shape index (κ3) is 4.83. The van der Waals surface area contributed by atoms with E-state index in [0.717, 1.165) is 4.47 Å². The summed E-state index contributed by atoms with van der Waals surface area (Å²) in [7, 11) is 1.57. The highest BCUT2D eigenvalue weighted by molar-refractivity contribution is 9.10. The Kier molecular flexibility index (Phi) is 6.37. The van der Waals surface area contributed by atoms with Crippen molar-refractivity contribution in [2.75, 3.05) is 25.5 Å². The van der Waals surface area contributed by atoms with Crippen LogP contribution in [0.3, 0.4) is 0 Å². The lowest BCUT2D eigenvalue weighted by Gasteiger charge is -2.20. The molecule has 0 aromatic heterocycles. The summed E-state index contributed by atoms with van der Waals surface area (Å²) < 4.78 is 6.03. The molecule has 0 radical (unpaired) electrons. The summed E-state index contributed by atoms with van der Waals surface area (Å²) >= 11 is 3.34. The van der Waals surface area contributed by atoms with Gasteiger partial charge in [-0.25, -0.2) is 0 Å². The maximum Gasteiger partial charge on any atom is 0.254 e. The van der Waals surface area contributed by atoms with Gasteiger partial charge in [0.25, 0.3) is 5.91 Å². The standard InChI is InChI=1S/C18H19BrN2O3/c1-3-21(18(23)13-7-9-14(19)10-8-13)12-17(22)20-15-5-4-6-16(11-15)24-2/h4-11H,3,12H2,1-2H3,(H,20,22). The molecule has 0 fully saturated rings. The number of nitrogens with zero attached hydrogens (tertiary/aromatic N) is 1.